The summed E-state index contributed by atoms with van der Waals surface area (Å²) in [6, 6.07) is 10.6. The zero-order valence-corrected chi connectivity index (χ0v) is 20.2. The van der Waals surface area contributed by atoms with Gasteiger partial charge in [0, 0.05) is 51.3 Å². The summed E-state index contributed by atoms with van der Waals surface area (Å²) in [5.74, 6) is -0.750. The molecule has 0 aromatic heterocycles. The number of guanidine groups is 1. The van der Waals surface area contributed by atoms with E-state index in [-0.39, 0.29) is 35.7 Å². The van der Waals surface area contributed by atoms with Crippen LogP contribution < -0.4 is 10.6 Å². The quantitative estimate of drug-likeness (QED) is 0.315. The third-order valence-corrected chi connectivity index (χ3v) is 5.54. The average Bonchev–Trinajstić information content (AvgIpc) is 2.73. The van der Waals surface area contributed by atoms with Crippen molar-refractivity contribution in [2.45, 2.75) is 38.3 Å². The maximum atomic E-state index is 14.0. The lowest BCUT2D eigenvalue weighted by atomic mass is 10.0. The Bertz CT molecular complexity index is 852. The van der Waals surface area contributed by atoms with Crippen molar-refractivity contribution in [3.05, 3.63) is 71.0 Å². The van der Waals surface area contributed by atoms with E-state index in [0.717, 1.165) is 44.1 Å². The van der Waals surface area contributed by atoms with Crippen LogP contribution in [-0.4, -0.2) is 43.6 Å². The lowest BCUT2D eigenvalue weighted by Gasteiger charge is -2.33. The highest BCUT2D eigenvalue weighted by molar-refractivity contribution is 14.0. The van der Waals surface area contributed by atoms with Crippen molar-refractivity contribution in [3.8, 4) is 0 Å². The lowest BCUT2D eigenvalue weighted by Crippen LogP contribution is -2.49. The van der Waals surface area contributed by atoms with Crippen LogP contribution in [0.5, 0.6) is 0 Å². The van der Waals surface area contributed by atoms with Crippen LogP contribution >= 0.6 is 24.0 Å². The van der Waals surface area contributed by atoms with E-state index in [4.69, 9.17) is 0 Å². The third kappa shape index (κ3) is 7.68. The van der Waals surface area contributed by atoms with E-state index in [1.54, 1.807) is 7.05 Å². The fourth-order valence-corrected chi connectivity index (χ4v) is 3.73. The first kappa shape index (κ1) is 25.5. The maximum absolute atomic E-state index is 14.0. The van der Waals surface area contributed by atoms with Gasteiger partial charge in [-0.15, -0.1) is 24.0 Å². The van der Waals surface area contributed by atoms with Crippen LogP contribution in [0.3, 0.4) is 0 Å². The number of likely N-dealkylation sites (tertiary alicyclic amines) is 1. The van der Waals surface area contributed by atoms with Crippen LogP contribution in [-0.2, 0) is 6.54 Å². The van der Waals surface area contributed by atoms with Gasteiger partial charge in [-0.1, -0.05) is 25.1 Å². The number of aliphatic imine (C=N–C) groups is 1. The summed E-state index contributed by atoms with van der Waals surface area (Å²) in [6.07, 6.45) is 1.95. The van der Waals surface area contributed by atoms with Gasteiger partial charge in [-0.05, 0) is 42.2 Å². The Morgan fingerprint density at radius 3 is 2.32 bits per heavy atom. The molecule has 0 spiro atoms. The summed E-state index contributed by atoms with van der Waals surface area (Å²) < 4.78 is 40.1. The number of hydrogen-bond acceptors (Lipinski definition) is 2. The van der Waals surface area contributed by atoms with Crippen LogP contribution in [0.15, 0.2) is 47.5 Å². The maximum Gasteiger partial charge on any atom is 0.191 e. The lowest BCUT2D eigenvalue weighted by molar-refractivity contribution is 0.198. The van der Waals surface area contributed by atoms with Gasteiger partial charge in [0.05, 0.1) is 0 Å². The molecule has 31 heavy (non-hydrogen) atoms. The molecule has 0 aliphatic carbocycles. The second-order valence-electron chi connectivity index (χ2n) is 7.84. The Morgan fingerprint density at radius 2 is 1.71 bits per heavy atom. The minimum absolute atomic E-state index is 0. The van der Waals surface area contributed by atoms with Crippen LogP contribution in [0.2, 0.25) is 0 Å². The minimum Gasteiger partial charge on any atom is -0.356 e. The molecule has 1 unspecified atom stereocenters. The number of hydrogen-bond donors (Lipinski definition) is 2. The zero-order chi connectivity index (χ0) is 21.5. The van der Waals surface area contributed by atoms with Crippen LogP contribution in [0.1, 0.15) is 36.8 Å². The van der Waals surface area contributed by atoms with Gasteiger partial charge in [0.15, 0.2) is 5.96 Å². The monoisotopic (exact) mass is 546 g/mol. The second-order valence-corrected chi connectivity index (χ2v) is 7.84. The molecule has 3 rings (SSSR count). The molecular weight excluding hydrogens is 516 g/mol. The van der Waals surface area contributed by atoms with Crippen molar-refractivity contribution >= 4 is 29.9 Å². The Kier molecular flexibility index (Phi) is 10.1. The normalized spacial score (nSPS) is 16.5. The molecule has 1 heterocycles. The first-order valence-corrected chi connectivity index (χ1v) is 10.3. The fraction of sp³-hybridized carbons (Fsp3) is 0.435. The molecule has 0 amide bonds. The molecule has 0 saturated carbocycles. The van der Waals surface area contributed by atoms with E-state index in [1.165, 1.54) is 24.3 Å². The molecule has 0 bridgehead atoms. The van der Waals surface area contributed by atoms with E-state index in [0.29, 0.717) is 24.1 Å². The smallest absolute Gasteiger partial charge is 0.191 e. The van der Waals surface area contributed by atoms with E-state index < -0.39 is 11.6 Å². The van der Waals surface area contributed by atoms with E-state index in [9.17, 15) is 13.2 Å². The topological polar surface area (TPSA) is 39.7 Å². The van der Waals surface area contributed by atoms with Crippen LogP contribution in [0, 0.1) is 17.5 Å². The van der Waals surface area contributed by atoms with E-state index in [2.05, 4.69) is 20.5 Å². The first-order valence-electron chi connectivity index (χ1n) is 10.3. The molecule has 1 aliphatic rings. The van der Waals surface area contributed by atoms with Crippen molar-refractivity contribution in [1.29, 1.82) is 0 Å². The molecule has 1 aliphatic heterocycles. The highest BCUT2D eigenvalue weighted by atomic mass is 127. The largest absolute Gasteiger partial charge is 0.356 e. The molecule has 1 fully saturated rings. The molecule has 2 N–H and O–H groups in total. The number of halogens is 4. The van der Waals surface area contributed by atoms with Crippen molar-refractivity contribution in [1.82, 2.24) is 15.5 Å². The summed E-state index contributed by atoms with van der Waals surface area (Å²) in [5.41, 5.74) is 1.59. The predicted molar refractivity (Wildman–Crippen MR) is 129 cm³/mol. The SMILES string of the molecule is CN=C(NCC(C)c1ccc(F)cc1F)NC1CCN(Cc2ccc(F)cc2)CC1.I. The summed E-state index contributed by atoms with van der Waals surface area (Å²) in [4.78, 5) is 6.63. The summed E-state index contributed by atoms with van der Waals surface area (Å²) in [6.45, 7) is 5.10. The second kappa shape index (κ2) is 12.3. The van der Waals surface area contributed by atoms with Gasteiger partial charge in [0.25, 0.3) is 0 Å². The highest BCUT2D eigenvalue weighted by Gasteiger charge is 2.20. The van der Waals surface area contributed by atoms with Gasteiger partial charge in [-0.2, -0.15) is 0 Å². The number of piperidine rings is 1. The molecule has 0 radical (unpaired) electrons. The summed E-state index contributed by atoms with van der Waals surface area (Å²) >= 11 is 0. The number of nitrogens with zero attached hydrogens (tertiary/aromatic N) is 2. The average molecular weight is 546 g/mol. The Labute approximate surface area is 199 Å². The van der Waals surface area contributed by atoms with Gasteiger partial charge < -0.3 is 10.6 Å². The van der Waals surface area contributed by atoms with Crippen molar-refractivity contribution in [3.63, 3.8) is 0 Å². The fourth-order valence-electron chi connectivity index (χ4n) is 3.73. The highest BCUT2D eigenvalue weighted by Crippen LogP contribution is 2.19. The minimum atomic E-state index is -0.570. The van der Waals surface area contributed by atoms with Crippen LogP contribution in [0.4, 0.5) is 13.2 Å². The molecule has 4 nitrogen and oxygen atoms in total. The standard InChI is InChI=1S/C23H29F3N4.HI/c1-16(21-8-7-19(25)13-22(21)26)14-28-23(27-2)29-20-9-11-30(12-10-20)15-17-3-5-18(24)6-4-17;/h3-8,13,16,20H,9-12,14-15H2,1-2H3,(H2,27,28,29);1H. The molecule has 170 valence electrons. The number of nitrogens with one attached hydrogen (secondary N) is 2. The van der Waals surface area contributed by atoms with Crippen LogP contribution in [0.25, 0.3) is 0 Å². The van der Waals surface area contributed by atoms with Crippen molar-refractivity contribution in [2.75, 3.05) is 26.7 Å². The predicted octanol–water partition coefficient (Wildman–Crippen LogP) is 4.66. The Morgan fingerprint density at radius 1 is 1.06 bits per heavy atom. The number of rotatable bonds is 6. The zero-order valence-electron chi connectivity index (χ0n) is 17.9. The van der Waals surface area contributed by atoms with Gasteiger partial charge in [0.1, 0.15) is 17.5 Å². The summed E-state index contributed by atoms with van der Waals surface area (Å²) in [7, 11) is 1.71. The first-order chi connectivity index (χ1) is 14.4. The molecule has 8 heteroatoms. The molecule has 1 saturated heterocycles. The van der Waals surface area contributed by atoms with Crippen molar-refractivity contribution < 1.29 is 13.2 Å². The van der Waals surface area contributed by atoms with Gasteiger partial charge in [-0.25, -0.2) is 13.2 Å². The van der Waals surface area contributed by atoms with E-state index in [1.807, 2.05) is 19.1 Å². The number of benzene rings is 2. The van der Waals surface area contributed by atoms with Crippen molar-refractivity contribution in [2.24, 2.45) is 4.99 Å². The summed E-state index contributed by atoms with van der Waals surface area (Å²) in [5, 5.41) is 6.68. The molecule has 2 aromatic rings. The third-order valence-electron chi connectivity index (χ3n) is 5.54. The van der Waals surface area contributed by atoms with Gasteiger partial charge in [-0.3, -0.25) is 9.89 Å². The molecule has 1 atom stereocenters. The molecular formula is C23H30F3IN4. The van der Waals surface area contributed by atoms with E-state index >= 15 is 0 Å². The Hall–Kier alpha value is -1.81. The van der Waals surface area contributed by atoms with Gasteiger partial charge >= 0.3 is 0 Å². The Balaban J connectivity index is 0.00000341. The molecule has 2 aromatic carbocycles. The van der Waals surface area contributed by atoms with Gasteiger partial charge in [0.2, 0.25) is 0 Å².